The number of allylic oxidation sites excluding steroid dienone is 1. The van der Waals surface area contributed by atoms with Crippen LogP contribution in [-0.4, -0.2) is 14.7 Å². The molecule has 1 aliphatic carbocycles. The molecule has 0 amide bonds. The maximum absolute atomic E-state index is 12.2. The largest absolute Gasteiger partial charge is 0.258 e. The number of benzene rings is 1. The summed E-state index contributed by atoms with van der Waals surface area (Å²) in [7, 11) is -0.713. The molecule has 0 N–H and O–H groups in total. The van der Waals surface area contributed by atoms with Crippen LogP contribution >= 0.6 is 0 Å². The zero-order chi connectivity index (χ0) is 11.7. The lowest BCUT2D eigenvalue weighted by Gasteiger charge is -2.35. The number of rotatable bonds is 2. The van der Waals surface area contributed by atoms with Crippen molar-refractivity contribution in [2.24, 2.45) is 5.92 Å². The van der Waals surface area contributed by atoms with Crippen molar-refractivity contribution in [3.05, 3.63) is 54.1 Å². The molecule has 1 saturated heterocycles. The fourth-order valence-electron chi connectivity index (χ4n) is 2.65. The number of hydrogen-bond donors (Lipinski definition) is 0. The summed E-state index contributed by atoms with van der Waals surface area (Å²) in [5.74, 6) is 0.487. The van der Waals surface area contributed by atoms with E-state index in [4.69, 9.17) is 0 Å². The maximum atomic E-state index is 12.2. The lowest BCUT2D eigenvalue weighted by atomic mass is 9.91. The predicted octanol–water partition coefficient (Wildman–Crippen LogP) is 3.17. The van der Waals surface area contributed by atoms with E-state index in [0.29, 0.717) is 11.2 Å². The Bertz CT molecular complexity index is 475. The molecule has 0 saturated carbocycles. The van der Waals surface area contributed by atoms with Gasteiger partial charge in [-0.05, 0) is 24.3 Å². The molecule has 1 fully saturated rings. The highest BCUT2D eigenvalue weighted by molar-refractivity contribution is 7.86. The Morgan fingerprint density at radius 1 is 1.12 bits per heavy atom. The van der Waals surface area contributed by atoms with E-state index < -0.39 is 10.8 Å². The van der Waals surface area contributed by atoms with Crippen molar-refractivity contribution in [1.82, 2.24) is 0 Å². The van der Waals surface area contributed by atoms with Crippen LogP contribution in [0.4, 0.5) is 0 Å². The monoisotopic (exact) mass is 244 g/mol. The van der Waals surface area contributed by atoms with Gasteiger partial charge < -0.3 is 0 Å². The average molecular weight is 244 g/mol. The molecule has 17 heavy (non-hydrogen) atoms. The topological polar surface area (TPSA) is 17.1 Å². The van der Waals surface area contributed by atoms with E-state index in [-0.39, 0.29) is 5.25 Å². The van der Waals surface area contributed by atoms with Crippen LogP contribution in [-0.2, 0) is 10.8 Å². The molecule has 1 aromatic rings. The Morgan fingerprint density at radius 2 is 1.94 bits per heavy atom. The first-order valence-electron chi connectivity index (χ1n) is 6.15. The quantitative estimate of drug-likeness (QED) is 0.730. The molecule has 2 bridgehead atoms. The van der Waals surface area contributed by atoms with Crippen molar-refractivity contribution in [1.29, 1.82) is 0 Å². The molecule has 1 unspecified atom stereocenters. The summed E-state index contributed by atoms with van der Waals surface area (Å²) >= 11 is 0. The summed E-state index contributed by atoms with van der Waals surface area (Å²) in [6.07, 6.45) is 11.0. The van der Waals surface area contributed by atoms with Crippen LogP contribution in [0.15, 0.2) is 48.6 Å². The van der Waals surface area contributed by atoms with Gasteiger partial charge in [-0.1, -0.05) is 54.6 Å². The molecule has 3 aliphatic rings. The van der Waals surface area contributed by atoms with E-state index in [1.165, 1.54) is 12.0 Å². The zero-order valence-electron chi connectivity index (χ0n) is 9.66. The minimum Gasteiger partial charge on any atom is -0.258 e. The van der Waals surface area contributed by atoms with E-state index in [1.807, 2.05) is 18.2 Å². The smallest absolute Gasteiger partial charge is 0.0599 e. The molecule has 2 aliphatic heterocycles. The van der Waals surface area contributed by atoms with Crippen molar-refractivity contribution in [2.45, 2.75) is 23.3 Å². The molecule has 2 heterocycles. The first-order valence-corrected chi connectivity index (χ1v) is 7.43. The van der Waals surface area contributed by atoms with Gasteiger partial charge in [0.25, 0.3) is 0 Å². The van der Waals surface area contributed by atoms with Crippen LogP contribution in [0.5, 0.6) is 0 Å². The first-order chi connectivity index (χ1) is 8.34. The van der Waals surface area contributed by atoms with E-state index in [1.54, 1.807) is 0 Å². The second-order valence-electron chi connectivity index (χ2n) is 4.73. The Hall–Kier alpha value is -1.15. The average Bonchev–Trinajstić information content (AvgIpc) is 2.40. The molecule has 4 rings (SSSR count). The van der Waals surface area contributed by atoms with Crippen LogP contribution in [0.3, 0.4) is 0 Å². The zero-order valence-corrected chi connectivity index (χ0v) is 10.5. The van der Waals surface area contributed by atoms with Gasteiger partial charge in [-0.3, -0.25) is 4.21 Å². The van der Waals surface area contributed by atoms with E-state index in [0.717, 1.165) is 6.42 Å². The van der Waals surface area contributed by atoms with Gasteiger partial charge in [-0.25, -0.2) is 0 Å². The summed E-state index contributed by atoms with van der Waals surface area (Å²) in [6.45, 7) is 0. The molecule has 1 nitrogen and oxygen atoms in total. The summed E-state index contributed by atoms with van der Waals surface area (Å²) in [5, 5.41) is 0.518. The maximum Gasteiger partial charge on any atom is 0.0599 e. The van der Waals surface area contributed by atoms with Gasteiger partial charge in [0.1, 0.15) is 0 Å². The van der Waals surface area contributed by atoms with E-state index in [9.17, 15) is 4.21 Å². The van der Waals surface area contributed by atoms with Gasteiger partial charge in [-0.2, -0.15) is 0 Å². The van der Waals surface area contributed by atoms with Crippen molar-refractivity contribution < 1.29 is 4.21 Å². The van der Waals surface area contributed by atoms with Crippen LogP contribution in [0, 0.1) is 5.92 Å². The fourth-order valence-corrected chi connectivity index (χ4v) is 4.47. The van der Waals surface area contributed by atoms with Gasteiger partial charge in [0.2, 0.25) is 0 Å². The summed E-state index contributed by atoms with van der Waals surface area (Å²) < 4.78 is 12.2. The molecule has 2 heteroatoms. The molecule has 0 radical (unpaired) electrons. The van der Waals surface area contributed by atoms with Gasteiger partial charge in [0, 0.05) is 10.8 Å². The number of fused-ring (bicyclic) bond motifs is 2. The third kappa shape index (κ3) is 2.14. The van der Waals surface area contributed by atoms with E-state index >= 15 is 0 Å². The molecular formula is C15H16OS. The molecule has 0 aromatic heterocycles. The SMILES string of the molecule is O=S1[C@@H]2C=C[C@@H](CC2)[C@H]1/C=C/c1ccccc1. The van der Waals surface area contributed by atoms with E-state index in [2.05, 4.69) is 36.4 Å². The highest BCUT2D eigenvalue weighted by Crippen LogP contribution is 2.35. The van der Waals surface area contributed by atoms with Crippen LogP contribution in [0.1, 0.15) is 18.4 Å². The Labute approximate surface area is 105 Å². The fraction of sp³-hybridized carbons (Fsp3) is 0.333. The van der Waals surface area contributed by atoms with Crippen molar-refractivity contribution in [3.8, 4) is 0 Å². The molecular weight excluding hydrogens is 228 g/mol. The summed E-state index contributed by atoms with van der Waals surface area (Å²) in [6, 6.07) is 10.2. The lowest BCUT2D eigenvalue weighted by Crippen LogP contribution is -2.38. The van der Waals surface area contributed by atoms with Crippen molar-refractivity contribution in [2.75, 3.05) is 0 Å². The molecule has 1 aromatic carbocycles. The standard InChI is InChI=1S/C15H16OS/c16-17-14-9-7-13(8-10-14)15(17)11-6-12-4-2-1-3-5-12/h1-7,9,11,13-15H,8,10H2/b11-6+/t13-,14+,15+,17?/m0/s1. The van der Waals surface area contributed by atoms with Crippen molar-refractivity contribution >= 4 is 16.9 Å². The van der Waals surface area contributed by atoms with Gasteiger partial charge in [0.15, 0.2) is 0 Å². The molecule has 88 valence electrons. The highest BCUT2D eigenvalue weighted by atomic mass is 32.2. The van der Waals surface area contributed by atoms with Gasteiger partial charge >= 0.3 is 0 Å². The second kappa shape index (κ2) is 4.61. The van der Waals surface area contributed by atoms with Crippen molar-refractivity contribution in [3.63, 3.8) is 0 Å². The first kappa shape index (κ1) is 11.0. The second-order valence-corrected chi connectivity index (χ2v) is 6.53. The summed E-state index contributed by atoms with van der Waals surface area (Å²) in [5.41, 5.74) is 1.19. The normalized spacial score (nSPS) is 35.5. The third-order valence-corrected chi connectivity index (χ3v) is 5.66. The highest BCUT2D eigenvalue weighted by Gasteiger charge is 2.36. The molecule has 4 atom stereocenters. The molecule has 0 spiro atoms. The summed E-state index contributed by atoms with van der Waals surface area (Å²) in [4.78, 5) is 0. The Balaban J connectivity index is 1.80. The van der Waals surface area contributed by atoms with Gasteiger partial charge in [-0.15, -0.1) is 0 Å². The van der Waals surface area contributed by atoms with Crippen LogP contribution in [0.2, 0.25) is 0 Å². The Morgan fingerprint density at radius 3 is 2.59 bits per heavy atom. The minimum absolute atomic E-state index is 0.221. The van der Waals surface area contributed by atoms with Crippen LogP contribution < -0.4 is 0 Å². The minimum atomic E-state index is -0.713. The Kier molecular flexibility index (Phi) is 2.98. The van der Waals surface area contributed by atoms with Gasteiger partial charge in [0.05, 0.1) is 10.5 Å². The van der Waals surface area contributed by atoms with Crippen LogP contribution in [0.25, 0.3) is 6.08 Å². The lowest BCUT2D eigenvalue weighted by molar-refractivity contribution is 0.512. The number of hydrogen-bond acceptors (Lipinski definition) is 1. The third-order valence-electron chi connectivity index (χ3n) is 3.62. The predicted molar refractivity (Wildman–Crippen MR) is 73.1 cm³/mol.